The molecule has 2 nitrogen and oxygen atoms in total. The van der Waals surface area contributed by atoms with Crippen LogP contribution in [0.4, 0.5) is 15.8 Å². The van der Waals surface area contributed by atoms with E-state index < -0.39 is 0 Å². The lowest BCUT2D eigenvalue weighted by Gasteiger charge is -2.29. The van der Waals surface area contributed by atoms with Crippen molar-refractivity contribution in [3.63, 3.8) is 0 Å². The van der Waals surface area contributed by atoms with Crippen LogP contribution in [0.3, 0.4) is 0 Å². The van der Waals surface area contributed by atoms with Crippen LogP contribution < -0.4 is 10.6 Å². The van der Waals surface area contributed by atoms with Crippen LogP contribution in [0.5, 0.6) is 0 Å². The van der Waals surface area contributed by atoms with Crippen molar-refractivity contribution in [1.29, 1.82) is 0 Å². The molecular formula is C13H21FN2. The predicted octanol–water partition coefficient (Wildman–Crippen LogP) is 3.20. The molecule has 0 heterocycles. The third kappa shape index (κ3) is 3.12. The van der Waals surface area contributed by atoms with E-state index in [1.54, 1.807) is 13.0 Å². The molecule has 0 unspecified atom stereocenters. The summed E-state index contributed by atoms with van der Waals surface area (Å²) in [5.74, 6) is -0.245. The van der Waals surface area contributed by atoms with E-state index >= 15 is 0 Å². The Hall–Kier alpha value is -1.25. The molecule has 0 amide bonds. The average molecular weight is 224 g/mol. The van der Waals surface area contributed by atoms with E-state index in [2.05, 4.69) is 25.7 Å². The van der Waals surface area contributed by atoms with E-state index in [9.17, 15) is 4.39 Å². The van der Waals surface area contributed by atoms with Gasteiger partial charge in [0, 0.05) is 13.6 Å². The van der Waals surface area contributed by atoms with Gasteiger partial charge in [-0.2, -0.15) is 0 Å². The van der Waals surface area contributed by atoms with E-state index in [1.165, 1.54) is 6.07 Å². The Bertz CT molecular complexity index is 380. The summed E-state index contributed by atoms with van der Waals surface area (Å²) in [6, 6.07) is 3.19. The fourth-order valence-corrected chi connectivity index (χ4v) is 1.81. The highest BCUT2D eigenvalue weighted by molar-refractivity contribution is 5.68. The second-order valence-corrected chi connectivity index (χ2v) is 5.58. The molecule has 0 saturated carbocycles. The molecule has 90 valence electrons. The molecular weight excluding hydrogens is 203 g/mol. The average Bonchev–Trinajstić information content (AvgIpc) is 2.08. The van der Waals surface area contributed by atoms with Gasteiger partial charge >= 0.3 is 0 Å². The van der Waals surface area contributed by atoms with Crippen molar-refractivity contribution in [3.8, 4) is 0 Å². The normalized spacial score (nSPS) is 11.6. The Labute approximate surface area is 97.3 Å². The van der Waals surface area contributed by atoms with Crippen LogP contribution in [0, 0.1) is 18.2 Å². The standard InChI is InChI=1S/C13H21FN2/c1-9-6-12(11(15)7-10(9)14)16(5)8-13(2,3)4/h6-7H,8,15H2,1-5H3. The maximum atomic E-state index is 13.3. The van der Waals surface area contributed by atoms with Gasteiger partial charge in [0.1, 0.15) is 5.82 Å². The third-order valence-corrected chi connectivity index (χ3v) is 2.43. The summed E-state index contributed by atoms with van der Waals surface area (Å²) in [4.78, 5) is 2.07. The van der Waals surface area contributed by atoms with Crippen molar-refractivity contribution in [2.75, 3.05) is 24.2 Å². The molecule has 0 aliphatic carbocycles. The lowest BCUT2D eigenvalue weighted by atomic mass is 9.96. The lowest BCUT2D eigenvalue weighted by molar-refractivity contribution is 0.419. The van der Waals surface area contributed by atoms with E-state index in [0.29, 0.717) is 11.3 Å². The van der Waals surface area contributed by atoms with Crippen LogP contribution in [-0.2, 0) is 0 Å². The summed E-state index contributed by atoms with van der Waals surface area (Å²) < 4.78 is 13.3. The minimum atomic E-state index is -0.245. The Morgan fingerprint density at radius 3 is 2.38 bits per heavy atom. The van der Waals surface area contributed by atoms with Gasteiger partial charge in [0.15, 0.2) is 0 Å². The van der Waals surface area contributed by atoms with Gasteiger partial charge in [-0.15, -0.1) is 0 Å². The number of nitrogen functional groups attached to an aromatic ring is 1. The van der Waals surface area contributed by atoms with Crippen molar-refractivity contribution in [2.24, 2.45) is 5.41 Å². The molecule has 0 saturated heterocycles. The molecule has 1 rings (SSSR count). The van der Waals surface area contributed by atoms with Crippen molar-refractivity contribution in [2.45, 2.75) is 27.7 Å². The minimum Gasteiger partial charge on any atom is -0.397 e. The van der Waals surface area contributed by atoms with Gasteiger partial charge in [-0.3, -0.25) is 0 Å². The number of benzene rings is 1. The van der Waals surface area contributed by atoms with Crippen molar-refractivity contribution in [3.05, 3.63) is 23.5 Å². The maximum absolute atomic E-state index is 13.3. The fraction of sp³-hybridized carbons (Fsp3) is 0.538. The monoisotopic (exact) mass is 224 g/mol. The molecule has 0 aliphatic heterocycles. The van der Waals surface area contributed by atoms with E-state index in [4.69, 9.17) is 5.73 Å². The largest absolute Gasteiger partial charge is 0.397 e. The van der Waals surface area contributed by atoms with Crippen LogP contribution in [-0.4, -0.2) is 13.6 Å². The molecule has 3 heteroatoms. The Kier molecular flexibility index (Phi) is 3.46. The second kappa shape index (κ2) is 4.32. The van der Waals surface area contributed by atoms with Crippen LogP contribution >= 0.6 is 0 Å². The Balaban J connectivity index is 3.00. The quantitative estimate of drug-likeness (QED) is 0.782. The van der Waals surface area contributed by atoms with E-state index in [-0.39, 0.29) is 11.2 Å². The summed E-state index contributed by atoms with van der Waals surface area (Å²) in [6.45, 7) is 9.12. The molecule has 1 aromatic rings. The SMILES string of the molecule is Cc1cc(N(C)CC(C)(C)C)c(N)cc1F. The number of nitrogens with zero attached hydrogens (tertiary/aromatic N) is 1. The third-order valence-electron chi connectivity index (χ3n) is 2.43. The van der Waals surface area contributed by atoms with Crippen molar-refractivity contribution >= 4 is 11.4 Å². The number of aryl methyl sites for hydroxylation is 1. The fourth-order valence-electron chi connectivity index (χ4n) is 1.81. The molecule has 16 heavy (non-hydrogen) atoms. The molecule has 0 bridgehead atoms. The molecule has 1 aromatic carbocycles. The summed E-state index contributed by atoms with van der Waals surface area (Å²) in [6.07, 6.45) is 0. The smallest absolute Gasteiger partial charge is 0.128 e. The zero-order chi connectivity index (χ0) is 12.5. The summed E-state index contributed by atoms with van der Waals surface area (Å²) >= 11 is 0. The summed E-state index contributed by atoms with van der Waals surface area (Å²) in [5.41, 5.74) is 8.03. The van der Waals surface area contributed by atoms with Gasteiger partial charge in [0.2, 0.25) is 0 Å². The molecule has 0 aromatic heterocycles. The first-order valence-corrected chi connectivity index (χ1v) is 5.47. The van der Waals surface area contributed by atoms with Gasteiger partial charge in [0.25, 0.3) is 0 Å². The molecule has 0 radical (unpaired) electrons. The van der Waals surface area contributed by atoms with Gasteiger partial charge < -0.3 is 10.6 Å². The van der Waals surface area contributed by atoms with Crippen molar-refractivity contribution in [1.82, 2.24) is 0 Å². The Morgan fingerprint density at radius 2 is 1.88 bits per heavy atom. The van der Waals surface area contributed by atoms with E-state index in [0.717, 1.165) is 12.2 Å². The number of hydrogen-bond acceptors (Lipinski definition) is 2. The van der Waals surface area contributed by atoms with Crippen LogP contribution in [0.25, 0.3) is 0 Å². The highest BCUT2D eigenvalue weighted by Crippen LogP contribution is 2.28. The highest BCUT2D eigenvalue weighted by atomic mass is 19.1. The van der Waals surface area contributed by atoms with Gasteiger partial charge in [-0.1, -0.05) is 20.8 Å². The molecule has 2 N–H and O–H groups in total. The molecule has 0 fully saturated rings. The zero-order valence-corrected chi connectivity index (χ0v) is 10.8. The summed E-state index contributed by atoms with van der Waals surface area (Å²) in [5, 5.41) is 0. The number of anilines is 2. The highest BCUT2D eigenvalue weighted by Gasteiger charge is 2.16. The zero-order valence-electron chi connectivity index (χ0n) is 10.8. The first kappa shape index (κ1) is 12.8. The molecule has 0 aliphatic rings. The first-order valence-electron chi connectivity index (χ1n) is 5.47. The van der Waals surface area contributed by atoms with Gasteiger partial charge in [0.05, 0.1) is 11.4 Å². The van der Waals surface area contributed by atoms with Gasteiger partial charge in [-0.25, -0.2) is 4.39 Å². The summed E-state index contributed by atoms with van der Waals surface area (Å²) in [7, 11) is 1.98. The lowest BCUT2D eigenvalue weighted by Crippen LogP contribution is -2.29. The number of nitrogens with two attached hydrogens (primary N) is 1. The number of hydrogen-bond donors (Lipinski definition) is 1. The maximum Gasteiger partial charge on any atom is 0.128 e. The second-order valence-electron chi connectivity index (χ2n) is 5.58. The molecule has 0 spiro atoms. The molecule has 0 atom stereocenters. The van der Waals surface area contributed by atoms with Gasteiger partial charge in [-0.05, 0) is 30.0 Å². The minimum absolute atomic E-state index is 0.184. The van der Waals surface area contributed by atoms with Crippen LogP contribution in [0.15, 0.2) is 12.1 Å². The van der Waals surface area contributed by atoms with Crippen molar-refractivity contribution < 1.29 is 4.39 Å². The first-order chi connectivity index (χ1) is 7.20. The number of halogens is 1. The predicted molar refractivity (Wildman–Crippen MR) is 68.3 cm³/mol. The Morgan fingerprint density at radius 1 is 1.31 bits per heavy atom. The van der Waals surface area contributed by atoms with Crippen LogP contribution in [0.1, 0.15) is 26.3 Å². The number of rotatable bonds is 2. The van der Waals surface area contributed by atoms with Crippen LogP contribution in [0.2, 0.25) is 0 Å². The topological polar surface area (TPSA) is 29.3 Å². The van der Waals surface area contributed by atoms with E-state index in [1.807, 2.05) is 7.05 Å².